The van der Waals surface area contributed by atoms with E-state index in [1.165, 1.54) is 0 Å². The van der Waals surface area contributed by atoms with Crippen molar-refractivity contribution in [3.8, 4) is 0 Å². The lowest BCUT2D eigenvalue weighted by Gasteiger charge is -2.00. The predicted octanol–water partition coefficient (Wildman–Crippen LogP) is 0.318. The van der Waals surface area contributed by atoms with Crippen LogP contribution in [0.1, 0.15) is 0 Å². The molecule has 0 amide bonds. The van der Waals surface area contributed by atoms with Gasteiger partial charge in [0.15, 0.2) is 0 Å². The zero-order chi connectivity index (χ0) is 6.78. The van der Waals surface area contributed by atoms with E-state index in [1.54, 1.807) is 0 Å². The molecule has 0 aromatic carbocycles. The van der Waals surface area contributed by atoms with E-state index in [9.17, 15) is 13.3 Å². The fraction of sp³-hybridized carbons (Fsp3) is 1.00. The van der Waals surface area contributed by atoms with Gasteiger partial charge in [-0.3, -0.25) is 0 Å². The number of alkyl halides is 2. The van der Waals surface area contributed by atoms with Crippen LogP contribution < -0.4 is 0 Å². The van der Waals surface area contributed by atoms with Gasteiger partial charge in [-0.15, -0.1) is 0 Å². The number of phosphoric ester groups is 1. The Balaban J connectivity index is 3.56. The van der Waals surface area contributed by atoms with Crippen molar-refractivity contribution in [2.45, 2.75) is 6.61 Å². The minimum atomic E-state index is -4.97. The Morgan fingerprint density at radius 1 is 1.50 bits per heavy atom. The number of halogens is 2. The van der Waals surface area contributed by atoms with Crippen molar-refractivity contribution >= 4 is 7.82 Å². The zero-order valence-corrected chi connectivity index (χ0v) is 4.39. The van der Waals surface area contributed by atoms with Crippen molar-refractivity contribution in [3.05, 3.63) is 0 Å². The third-order valence-electron chi connectivity index (χ3n) is 0.217. The van der Waals surface area contributed by atoms with Crippen LogP contribution in [-0.2, 0) is 9.09 Å². The Morgan fingerprint density at radius 2 is 1.88 bits per heavy atom. The summed E-state index contributed by atoms with van der Waals surface area (Å²) in [6, 6.07) is 0. The molecule has 0 bridgehead atoms. The maximum absolute atomic E-state index is 10.8. The largest absolute Gasteiger partial charge is 0.474 e. The Morgan fingerprint density at radius 3 is 1.88 bits per heavy atom. The molecule has 50 valence electrons. The van der Waals surface area contributed by atoms with Crippen LogP contribution in [0.15, 0.2) is 0 Å². The molecule has 0 saturated carbocycles. The van der Waals surface area contributed by atoms with Gasteiger partial charge >= 0.3 is 14.4 Å². The molecule has 0 fully saturated rings. The number of hydrogen-bond donors (Lipinski definition) is 2. The lowest BCUT2D eigenvalue weighted by atomic mass is 11.5. The van der Waals surface area contributed by atoms with Gasteiger partial charge in [0.05, 0.1) is 0 Å². The second-order valence-electron chi connectivity index (χ2n) is 0.857. The van der Waals surface area contributed by atoms with Crippen molar-refractivity contribution in [1.82, 2.24) is 0 Å². The molecule has 0 unspecified atom stereocenters. The minimum absolute atomic E-state index is 2.77. The summed E-state index contributed by atoms with van der Waals surface area (Å²) in [6.07, 6.45) is 0. The Hall–Kier alpha value is -0.0300. The molecule has 0 rings (SSSR count). The van der Waals surface area contributed by atoms with Crippen molar-refractivity contribution < 1.29 is 27.7 Å². The highest BCUT2D eigenvalue weighted by molar-refractivity contribution is 7.46. The predicted molar refractivity (Wildman–Crippen MR) is 19.1 cm³/mol. The molecule has 4 nitrogen and oxygen atoms in total. The molecule has 0 spiro atoms. The summed E-state index contributed by atoms with van der Waals surface area (Å²) in [5.41, 5.74) is 0. The Labute approximate surface area is 43.3 Å². The fourth-order valence-corrected chi connectivity index (χ4v) is 0.311. The fourth-order valence-electron chi connectivity index (χ4n) is 0.104. The quantitative estimate of drug-likeness (QED) is 0.553. The van der Waals surface area contributed by atoms with Gasteiger partial charge in [0.2, 0.25) is 0 Å². The van der Waals surface area contributed by atoms with E-state index in [4.69, 9.17) is 9.79 Å². The molecule has 7 heteroatoms. The normalized spacial score (nSPS) is 12.6. The van der Waals surface area contributed by atoms with Crippen molar-refractivity contribution in [2.75, 3.05) is 0 Å². The first-order valence-corrected chi connectivity index (χ1v) is 2.97. The van der Waals surface area contributed by atoms with E-state index in [0.29, 0.717) is 0 Å². The van der Waals surface area contributed by atoms with E-state index in [-0.39, 0.29) is 0 Å². The van der Waals surface area contributed by atoms with Gasteiger partial charge in [0, 0.05) is 0 Å². The van der Waals surface area contributed by atoms with Gasteiger partial charge < -0.3 is 9.79 Å². The molecular weight excluding hydrogens is 145 g/mol. The van der Waals surface area contributed by atoms with Crippen LogP contribution in [0.25, 0.3) is 0 Å². The van der Waals surface area contributed by atoms with Gasteiger partial charge in [-0.05, 0) is 0 Å². The SMILES string of the molecule is O=P(O)(O)OC(F)F. The van der Waals surface area contributed by atoms with E-state index in [2.05, 4.69) is 4.52 Å². The van der Waals surface area contributed by atoms with Crippen LogP contribution in [0.5, 0.6) is 0 Å². The number of phosphoric acid groups is 1. The molecule has 8 heavy (non-hydrogen) atoms. The van der Waals surface area contributed by atoms with Gasteiger partial charge in [0.1, 0.15) is 0 Å². The molecule has 0 atom stereocenters. The van der Waals surface area contributed by atoms with E-state index in [1.807, 2.05) is 0 Å². The molecule has 0 aliphatic rings. The van der Waals surface area contributed by atoms with Crippen LogP contribution >= 0.6 is 7.82 Å². The van der Waals surface area contributed by atoms with E-state index < -0.39 is 14.4 Å². The van der Waals surface area contributed by atoms with Gasteiger partial charge in [0.25, 0.3) is 0 Å². The summed E-state index contributed by atoms with van der Waals surface area (Å²) in [4.78, 5) is 15.2. The van der Waals surface area contributed by atoms with Crippen molar-refractivity contribution in [3.63, 3.8) is 0 Å². The van der Waals surface area contributed by atoms with E-state index in [0.717, 1.165) is 0 Å². The summed E-state index contributed by atoms with van der Waals surface area (Å²) in [7, 11) is -4.97. The summed E-state index contributed by atoms with van der Waals surface area (Å²) in [5, 5.41) is 0. The molecule has 0 aromatic heterocycles. The molecule has 0 aromatic rings. The summed E-state index contributed by atoms with van der Waals surface area (Å²) < 4.78 is 33.8. The van der Waals surface area contributed by atoms with Crippen LogP contribution in [0.4, 0.5) is 8.78 Å². The summed E-state index contributed by atoms with van der Waals surface area (Å²) in [6.45, 7) is -3.42. The van der Waals surface area contributed by atoms with Crippen LogP contribution in [0.3, 0.4) is 0 Å². The lowest BCUT2D eigenvalue weighted by Crippen LogP contribution is -1.94. The number of rotatable bonds is 2. The molecule has 0 aliphatic heterocycles. The smallest absolute Gasteiger partial charge is 0.303 e. The molecular formula is CH3F2O4P. The van der Waals surface area contributed by atoms with Crippen LogP contribution in [-0.4, -0.2) is 16.4 Å². The number of hydrogen-bond acceptors (Lipinski definition) is 2. The highest BCUT2D eigenvalue weighted by atomic mass is 31.2. The average Bonchev–Trinajstić information content (AvgIpc) is 1.21. The third kappa shape index (κ3) is 5.97. The highest BCUT2D eigenvalue weighted by Gasteiger charge is 2.20. The van der Waals surface area contributed by atoms with Crippen LogP contribution in [0.2, 0.25) is 0 Å². The lowest BCUT2D eigenvalue weighted by molar-refractivity contribution is -0.0666. The topological polar surface area (TPSA) is 66.8 Å². The second-order valence-corrected chi connectivity index (χ2v) is 2.05. The first-order chi connectivity index (χ1) is 3.42. The molecule has 0 saturated heterocycles. The molecule has 0 heterocycles. The van der Waals surface area contributed by atoms with Gasteiger partial charge in [-0.25, -0.2) is 9.09 Å². The monoisotopic (exact) mass is 148 g/mol. The maximum atomic E-state index is 10.8. The highest BCUT2D eigenvalue weighted by Crippen LogP contribution is 2.37. The van der Waals surface area contributed by atoms with Gasteiger partial charge in [-0.2, -0.15) is 8.78 Å². The van der Waals surface area contributed by atoms with Crippen LogP contribution in [0, 0.1) is 0 Å². The second kappa shape index (κ2) is 2.50. The Bertz CT molecular complexity index is 107. The maximum Gasteiger partial charge on any atom is 0.474 e. The molecule has 0 radical (unpaired) electrons. The first kappa shape index (κ1) is 7.97. The standard InChI is InChI=1S/CH3F2O4P/c2-1(3)7-8(4,5)6/h1H,(H2,4,5,6). The average molecular weight is 148 g/mol. The molecule has 0 aliphatic carbocycles. The first-order valence-electron chi connectivity index (χ1n) is 1.44. The minimum Gasteiger partial charge on any atom is -0.303 e. The molecule has 2 N–H and O–H groups in total. The zero-order valence-electron chi connectivity index (χ0n) is 3.49. The summed E-state index contributed by atoms with van der Waals surface area (Å²) in [5.74, 6) is 0. The van der Waals surface area contributed by atoms with Crippen molar-refractivity contribution in [2.24, 2.45) is 0 Å². The summed E-state index contributed by atoms with van der Waals surface area (Å²) >= 11 is 0. The Kier molecular flexibility index (Phi) is 2.49. The van der Waals surface area contributed by atoms with Gasteiger partial charge in [-0.1, -0.05) is 0 Å². The van der Waals surface area contributed by atoms with Crippen molar-refractivity contribution in [1.29, 1.82) is 0 Å². The van der Waals surface area contributed by atoms with E-state index >= 15 is 0 Å². The third-order valence-corrected chi connectivity index (χ3v) is 0.651.